The summed E-state index contributed by atoms with van der Waals surface area (Å²) in [6, 6.07) is 5.76. The van der Waals surface area contributed by atoms with Gasteiger partial charge in [0.05, 0.1) is 12.7 Å². The van der Waals surface area contributed by atoms with Crippen molar-refractivity contribution in [2.45, 2.75) is 13.0 Å². The average molecular weight is 274 g/mol. The van der Waals surface area contributed by atoms with E-state index in [0.29, 0.717) is 6.54 Å². The van der Waals surface area contributed by atoms with Crippen molar-refractivity contribution in [3.8, 4) is 0 Å². The summed E-state index contributed by atoms with van der Waals surface area (Å²) in [7, 11) is 1.92. The Bertz CT molecular complexity index is 328. The Labute approximate surface area is 98.5 Å². The molecule has 0 saturated carbocycles. The maximum atomic E-state index is 9.45. The molecule has 3 nitrogen and oxygen atoms in total. The molecular weight excluding hydrogens is 258 g/mol. The van der Waals surface area contributed by atoms with Crippen LogP contribution in [0.25, 0.3) is 0 Å². The highest BCUT2D eigenvalue weighted by atomic mass is 79.9. The maximum Gasteiger partial charge on any atom is 0.0772 e. The predicted molar refractivity (Wildman–Crippen MR) is 65.1 cm³/mol. The number of hydrogen-bond donors (Lipinski definition) is 2. The van der Waals surface area contributed by atoms with Crippen molar-refractivity contribution in [1.82, 2.24) is 0 Å². The van der Waals surface area contributed by atoms with Crippen LogP contribution in [0.4, 0.5) is 5.69 Å². The van der Waals surface area contributed by atoms with E-state index in [9.17, 15) is 5.11 Å². The van der Waals surface area contributed by atoms with Gasteiger partial charge in [-0.05, 0) is 24.6 Å². The molecule has 1 unspecified atom stereocenters. The minimum Gasteiger partial charge on any atom is -0.395 e. The summed E-state index contributed by atoms with van der Waals surface area (Å²) in [5.74, 6) is 0. The number of hydrogen-bond acceptors (Lipinski definition) is 3. The van der Waals surface area contributed by atoms with E-state index in [-0.39, 0.29) is 6.61 Å². The molecule has 0 heterocycles. The first-order valence-corrected chi connectivity index (χ1v) is 5.65. The molecule has 0 aliphatic rings. The van der Waals surface area contributed by atoms with E-state index < -0.39 is 6.10 Å². The van der Waals surface area contributed by atoms with E-state index in [2.05, 4.69) is 15.9 Å². The van der Waals surface area contributed by atoms with Gasteiger partial charge in [-0.3, -0.25) is 0 Å². The minimum absolute atomic E-state index is 0.131. The quantitative estimate of drug-likeness (QED) is 0.881. The molecule has 84 valence electrons. The van der Waals surface area contributed by atoms with Crippen LogP contribution in [0.15, 0.2) is 22.7 Å². The second-order valence-electron chi connectivity index (χ2n) is 3.53. The first kappa shape index (κ1) is 12.5. The number of rotatable bonds is 4. The third kappa shape index (κ3) is 3.19. The van der Waals surface area contributed by atoms with Crippen LogP contribution in [0.5, 0.6) is 0 Å². The molecule has 0 aliphatic heterocycles. The third-order valence-electron chi connectivity index (χ3n) is 2.31. The molecule has 1 aromatic carbocycles. The molecule has 1 aromatic rings. The van der Waals surface area contributed by atoms with Crippen LogP contribution >= 0.6 is 15.9 Å². The Kier molecular flexibility index (Phi) is 4.57. The molecular formula is C11H16BrNO2. The van der Waals surface area contributed by atoms with Crippen molar-refractivity contribution < 1.29 is 10.2 Å². The third-order valence-corrected chi connectivity index (χ3v) is 3.00. The zero-order chi connectivity index (χ0) is 11.4. The van der Waals surface area contributed by atoms with Gasteiger partial charge in [0.15, 0.2) is 0 Å². The minimum atomic E-state index is -0.475. The summed E-state index contributed by atoms with van der Waals surface area (Å²) in [4.78, 5) is 1.95. The van der Waals surface area contributed by atoms with E-state index in [1.807, 2.05) is 30.1 Å². The molecule has 0 amide bonds. The fourth-order valence-corrected chi connectivity index (χ4v) is 2.07. The molecule has 4 heteroatoms. The van der Waals surface area contributed by atoms with Gasteiger partial charge in [-0.1, -0.05) is 22.0 Å². The molecule has 0 aromatic heterocycles. The first-order valence-electron chi connectivity index (χ1n) is 4.85. The summed E-state index contributed by atoms with van der Waals surface area (Å²) < 4.78 is 0.889. The van der Waals surface area contributed by atoms with Crippen LogP contribution in [0.3, 0.4) is 0 Å². The number of benzene rings is 1. The highest BCUT2D eigenvalue weighted by Crippen LogP contribution is 2.27. The number of nitrogens with zero attached hydrogens (tertiary/aromatic N) is 1. The zero-order valence-corrected chi connectivity index (χ0v) is 10.5. The number of aliphatic hydroxyl groups is 2. The topological polar surface area (TPSA) is 43.7 Å². The van der Waals surface area contributed by atoms with E-state index in [4.69, 9.17) is 5.11 Å². The average Bonchev–Trinajstić information content (AvgIpc) is 2.17. The van der Waals surface area contributed by atoms with Crippen LogP contribution in [0.1, 0.15) is 18.6 Å². The summed E-state index contributed by atoms with van der Waals surface area (Å²) in [6.07, 6.45) is -0.475. The van der Waals surface area contributed by atoms with Crippen molar-refractivity contribution in [2.75, 3.05) is 25.1 Å². The van der Waals surface area contributed by atoms with Crippen molar-refractivity contribution >= 4 is 21.6 Å². The number of anilines is 1. The van der Waals surface area contributed by atoms with Gasteiger partial charge >= 0.3 is 0 Å². The fraction of sp³-hybridized carbons (Fsp3) is 0.455. The van der Waals surface area contributed by atoms with Gasteiger partial charge in [-0.15, -0.1) is 0 Å². The molecule has 15 heavy (non-hydrogen) atoms. The standard InChI is InChI=1S/C11H16BrNO2/c1-8(15)10-4-3-9(7-11(10)12)13(2)5-6-14/h3-4,7-8,14-15H,5-6H2,1-2H3. The number of aliphatic hydroxyl groups excluding tert-OH is 2. The van der Waals surface area contributed by atoms with Crippen LogP contribution in [-0.4, -0.2) is 30.4 Å². The van der Waals surface area contributed by atoms with Crippen molar-refractivity contribution in [2.24, 2.45) is 0 Å². The Hall–Kier alpha value is -0.580. The molecule has 0 radical (unpaired) electrons. The molecule has 0 fully saturated rings. The van der Waals surface area contributed by atoms with Gasteiger partial charge in [0.1, 0.15) is 0 Å². The second-order valence-corrected chi connectivity index (χ2v) is 4.38. The smallest absolute Gasteiger partial charge is 0.0772 e. The SMILES string of the molecule is CC(O)c1ccc(N(C)CCO)cc1Br. The molecule has 2 N–H and O–H groups in total. The lowest BCUT2D eigenvalue weighted by Gasteiger charge is -2.19. The zero-order valence-electron chi connectivity index (χ0n) is 8.94. The van der Waals surface area contributed by atoms with Gasteiger partial charge in [0, 0.05) is 23.8 Å². The molecule has 0 spiro atoms. The van der Waals surface area contributed by atoms with Crippen LogP contribution in [0, 0.1) is 0 Å². The summed E-state index contributed by atoms with van der Waals surface area (Å²) >= 11 is 3.42. The molecule has 0 aliphatic carbocycles. The summed E-state index contributed by atoms with van der Waals surface area (Å²) in [6.45, 7) is 2.46. The Morgan fingerprint density at radius 1 is 1.47 bits per heavy atom. The Morgan fingerprint density at radius 2 is 2.13 bits per heavy atom. The van der Waals surface area contributed by atoms with Crippen LogP contribution in [-0.2, 0) is 0 Å². The van der Waals surface area contributed by atoms with Crippen molar-refractivity contribution in [3.05, 3.63) is 28.2 Å². The second kappa shape index (κ2) is 5.49. The summed E-state index contributed by atoms with van der Waals surface area (Å²) in [5.41, 5.74) is 1.89. The lowest BCUT2D eigenvalue weighted by atomic mass is 10.1. The van der Waals surface area contributed by atoms with E-state index in [0.717, 1.165) is 15.7 Å². The van der Waals surface area contributed by atoms with Gasteiger partial charge in [0.2, 0.25) is 0 Å². The Morgan fingerprint density at radius 3 is 2.60 bits per heavy atom. The normalized spacial score (nSPS) is 12.6. The van der Waals surface area contributed by atoms with Gasteiger partial charge in [-0.2, -0.15) is 0 Å². The number of likely N-dealkylation sites (N-methyl/N-ethyl adjacent to an activating group) is 1. The van der Waals surface area contributed by atoms with Crippen LogP contribution in [0.2, 0.25) is 0 Å². The number of halogens is 1. The van der Waals surface area contributed by atoms with Crippen molar-refractivity contribution in [1.29, 1.82) is 0 Å². The molecule has 0 saturated heterocycles. The van der Waals surface area contributed by atoms with E-state index in [1.54, 1.807) is 6.92 Å². The lowest BCUT2D eigenvalue weighted by molar-refractivity contribution is 0.198. The van der Waals surface area contributed by atoms with Gasteiger partial charge in [-0.25, -0.2) is 0 Å². The largest absolute Gasteiger partial charge is 0.395 e. The van der Waals surface area contributed by atoms with E-state index >= 15 is 0 Å². The van der Waals surface area contributed by atoms with Crippen LogP contribution < -0.4 is 4.90 Å². The predicted octanol–water partition coefficient (Wildman–Crippen LogP) is 1.93. The Balaban J connectivity index is 2.91. The first-order chi connectivity index (χ1) is 7.06. The van der Waals surface area contributed by atoms with E-state index in [1.165, 1.54) is 0 Å². The van der Waals surface area contributed by atoms with Gasteiger partial charge < -0.3 is 15.1 Å². The molecule has 1 atom stereocenters. The highest BCUT2D eigenvalue weighted by Gasteiger charge is 2.08. The molecule has 0 bridgehead atoms. The highest BCUT2D eigenvalue weighted by molar-refractivity contribution is 9.10. The van der Waals surface area contributed by atoms with Crippen molar-refractivity contribution in [3.63, 3.8) is 0 Å². The fourth-order valence-electron chi connectivity index (χ4n) is 1.37. The molecule has 1 rings (SSSR count). The monoisotopic (exact) mass is 273 g/mol. The summed E-state index contributed by atoms with van der Waals surface area (Å²) in [5, 5.41) is 18.3. The lowest BCUT2D eigenvalue weighted by Crippen LogP contribution is -2.21. The maximum absolute atomic E-state index is 9.45. The van der Waals surface area contributed by atoms with Gasteiger partial charge in [0.25, 0.3) is 0 Å².